The molecule has 3 aromatic carbocycles. The van der Waals surface area contributed by atoms with E-state index in [4.69, 9.17) is 4.42 Å². The van der Waals surface area contributed by atoms with Crippen LogP contribution in [-0.4, -0.2) is 29.8 Å². The summed E-state index contributed by atoms with van der Waals surface area (Å²) in [5, 5.41) is 2.31. The normalized spacial score (nSPS) is 15.8. The maximum absolute atomic E-state index is 10.4. The Morgan fingerprint density at radius 3 is 2.55 bits per heavy atom. The smallest absolute Gasteiger partial charge is 0.185 e. The zero-order valence-corrected chi connectivity index (χ0v) is 21.2. The Bertz CT molecular complexity index is 1440. The summed E-state index contributed by atoms with van der Waals surface area (Å²) in [5.41, 5.74) is 6.16. The molecular formula is C27H22Br2N2O2. The second-order valence-corrected chi connectivity index (χ2v) is 10.0. The number of rotatable bonds is 2. The number of benzene rings is 3. The highest BCUT2D eigenvalue weighted by atomic mass is 79.9. The van der Waals surface area contributed by atoms with Gasteiger partial charge in [-0.3, -0.25) is 9.69 Å². The highest BCUT2D eigenvalue weighted by Gasteiger charge is 2.29. The summed E-state index contributed by atoms with van der Waals surface area (Å²) in [6.07, 6.45) is 1.82. The lowest BCUT2D eigenvalue weighted by atomic mass is 9.93. The van der Waals surface area contributed by atoms with Crippen LogP contribution in [0.25, 0.3) is 21.9 Å². The van der Waals surface area contributed by atoms with Crippen LogP contribution in [0.5, 0.6) is 0 Å². The number of nitrogens with zero attached hydrogens (tertiary/aromatic N) is 1. The molecule has 5 aromatic rings. The second kappa shape index (κ2) is 9.29. The Labute approximate surface area is 208 Å². The molecule has 1 aliphatic rings. The van der Waals surface area contributed by atoms with Gasteiger partial charge in [0.05, 0.1) is 6.04 Å². The van der Waals surface area contributed by atoms with Crippen LogP contribution in [0.2, 0.25) is 0 Å². The molecular weight excluding hydrogens is 544 g/mol. The Kier molecular flexibility index (Phi) is 6.23. The van der Waals surface area contributed by atoms with Crippen LogP contribution in [0.4, 0.5) is 0 Å². The molecule has 0 aliphatic carbocycles. The minimum atomic E-state index is 0.314. The second-order valence-electron chi connectivity index (χ2n) is 8.20. The van der Waals surface area contributed by atoms with E-state index in [1.165, 1.54) is 27.7 Å². The van der Waals surface area contributed by atoms with Crippen molar-refractivity contribution in [3.05, 3.63) is 104 Å². The highest BCUT2D eigenvalue weighted by molar-refractivity contribution is 9.10. The standard InChI is InChI=1S/C18H17BrN2.C9H5BrO2/c1-21-11-10-15-14-4-2-3-5-16(14)20-17(15)18(21)12-6-8-13(19)9-7-12;10-7-1-2-9-6(3-7)4-8(5-11)12-9/h2-9,18,20H,10-11H2,1H3;1-5H. The zero-order chi connectivity index (χ0) is 22.9. The van der Waals surface area contributed by atoms with E-state index in [2.05, 4.69) is 97.3 Å². The number of aromatic nitrogens is 1. The van der Waals surface area contributed by atoms with Gasteiger partial charge in [-0.25, -0.2) is 0 Å². The van der Waals surface area contributed by atoms with Gasteiger partial charge in [0.2, 0.25) is 0 Å². The molecule has 0 radical (unpaired) electrons. The largest absolute Gasteiger partial charge is 0.453 e. The van der Waals surface area contributed by atoms with Crippen molar-refractivity contribution >= 4 is 60.0 Å². The number of carbonyl (C=O) groups is 1. The first-order valence-corrected chi connectivity index (χ1v) is 12.3. The molecule has 0 spiro atoms. The number of hydrogen-bond acceptors (Lipinski definition) is 3. The Hall–Kier alpha value is -2.67. The van der Waals surface area contributed by atoms with E-state index >= 15 is 0 Å². The number of H-pyrrole nitrogens is 1. The quantitative estimate of drug-likeness (QED) is 0.225. The Morgan fingerprint density at radius 1 is 1.00 bits per heavy atom. The van der Waals surface area contributed by atoms with E-state index in [9.17, 15) is 4.79 Å². The van der Waals surface area contributed by atoms with Gasteiger partial charge < -0.3 is 9.40 Å². The molecule has 0 saturated carbocycles. The molecule has 3 heterocycles. The van der Waals surface area contributed by atoms with Gasteiger partial charge in [-0.1, -0.05) is 62.2 Å². The third-order valence-corrected chi connectivity index (χ3v) is 7.10. The van der Waals surface area contributed by atoms with Crippen LogP contribution in [-0.2, 0) is 6.42 Å². The molecule has 6 rings (SSSR count). The van der Waals surface area contributed by atoms with E-state index in [0.717, 1.165) is 32.9 Å². The van der Waals surface area contributed by atoms with Crippen molar-refractivity contribution in [1.82, 2.24) is 9.88 Å². The third kappa shape index (κ3) is 4.43. The van der Waals surface area contributed by atoms with Crippen molar-refractivity contribution in [2.45, 2.75) is 12.5 Å². The number of para-hydroxylation sites is 1. The summed E-state index contributed by atoms with van der Waals surface area (Å²) < 4.78 is 7.29. The van der Waals surface area contributed by atoms with E-state index in [1.807, 2.05) is 18.2 Å². The van der Waals surface area contributed by atoms with Gasteiger partial charge in [-0.2, -0.15) is 0 Å². The molecule has 1 N–H and O–H groups in total. The molecule has 1 unspecified atom stereocenters. The minimum absolute atomic E-state index is 0.314. The fourth-order valence-corrected chi connectivity index (χ4v) is 5.16. The first kappa shape index (κ1) is 22.1. The fraction of sp³-hybridized carbons (Fsp3) is 0.148. The number of nitrogens with one attached hydrogen (secondary N) is 1. The van der Waals surface area contributed by atoms with E-state index in [1.54, 1.807) is 6.07 Å². The van der Waals surface area contributed by atoms with Crippen molar-refractivity contribution in [2.24, 2.45) is 0 Å². The van der Waals surface area contributed by atoms with Gasteiger partial charge in [-0.05, 0) is 67.1 Å². The molecule has 4 nitrogen and oxygen atoms in total. The van der Waals surface area contributed by atoms with E-state index in [-0.39, 0.29) is 0 Å². The Morgan fingerprint density at radius 2 is 1.76 bits per heavy atom. The topological polar surface area (TPSA) is 49.2 Å². The highest BCUT2D eigenvalue weighted by Crippen LogP contribution is 2.37. The molecule has 0 amide bonds. The number of aromatic amines is 1. The number of halogens is 2. The van der Waals surface area contributed by atoms with Crippen LogP contribution in [0.15, 0.2) is 86.2 Å². The molecule has 0 saturated heterocycles. The molecule has 2 aromatic heterocycles. The number of aldehydes is 1. The maximum atomic E-state index is 10.4. The fourth-order valence-electron chi connectivity index (χ4n) is 4.52. The van der Waals surface area contributed by atoms with Crippen molar-refractivity contribution in [3.63, 3.8) is 0 Å². The summed E-state index contributed by atoms with van der Waals surface area (Å²) in [4.78, 5) is 16.4. The summed E-state index contributed by atoms with van der Waals surface area (Å²) in [5.74, 6) is 0.364. The lowest BCUT2D eigenvalue weighted by molar-refractivity contribution is 0.110. The lowest BCUT2D eigenvalue weighted by Crippen LogP contribution is -2.32. The molecule has 6 heteroatoms. The van der Waals surface area contributed by atoms with Gasteiger partial charge in [0.25, 0.3) is 0 Å². The minimum Gasteiger partial charge on any atom is -0.453 e. The molecule has 166 valence electrons. The van der Waals surface area contributed by atoms with Gasteiger partial charge in [0, 0.05) is 37.5 Å². The molecule has 0 bridgehead atoms. The van der Waals surface area contributed by atoms with E-state index < -0.39 is 0 Å². The SMILES string of the molecule is CN1CCc2c([nH]c3ccccc23)C1c1ccc(Br)cc1.O=Cc1cc2cc(Br)ccc2o1. The molecule has 0 fully saturated rings. The van der Waals surface area contributed by atoms with Crippen LogP contribution in [0.3, 0.4) is 0 Å². The summed E-state index contributed by atoms with van der Waals surface area (Å²) in [7, 11) is 2.21. The van der Waals surface area contributed by atoms with Crippen molar-refractivity contribution in [3.8, 4) is 0 Å². The monoisotopic (exact) mass is 564 g/mol. The van der Waals surface area contributed by atoms with Crippen LogP contribution < -0.4 is 0 Å². The molecule has 1 aliphatic heterocycles. The Balaban J connectivity index is 0.000000162. The first-order valence-electron chi connectivity index (χ1n) is 10.7. The maximum Gasteiger partial charge on any atom is 0.185 e. The van der Waals surface area contributed by atoms with Gasteiger partial charge in [0.1, 0.15) is 5.58 Å². The number of carbonyl (C=O) groups excluding carboxylic acids is 1. The van der Waals surface area contributed by atoms with Crippen LogP contribution in [0.1, 0.15) is 33.4 Å². The molecule has 1 atom stereocenters. The molecule has 33 heavy (non-hydrogen) atoms. The lowest BCUT2D eigenvalue weighted by Gasteiger charge is -2.33. The number of fused-ring (bicyclic) bond motifs is 4. The van der Waals surface area contributed by atoms with Crippen LogP contribution in [0, 0.1) is 0 Å². The van der Waals surface area contributed by atoms with Crippen molar-refractivity contribution in [1.29, 1.82) is 0 Å². The van der Waals surface area contributed by atoms with Crippen molar-refractivity contribution in [2.75, 3.05) is 13.6 Å². The van der Waals surface area contributed by atoms with Crippen molar-refractivity contribution < 1.29 is 9.21 Å². The van der Waals surface area contributed by atoms with Gasteiger partial charge >= 0.3 is 0 Å². The van der Waals surface area contributed by atoms with Gasteiger partial charge in [-0.15, -0.1) is 0 Å². The number of furan rings is 1. The van der Waals surface area contributed by atoms with Gasteiger partial charge in [0.15, 0.2) is 12.0 Å². The number of hydrogen-bond donors (Lipinski definition) is 1. The summed E-state index contributed by atoms with van der Waals surface area (Å²) in [6, 6.07) is 24.9. The average molecular weight is 566 g/mol. The summed E-state index contributed by atoms with van der Waals surface area (Å²) >= 11 is 6.86. The zero-order valence-electron chi connectivity index (χ0n) is 18.0. The predicted octanol–water partition coefficient (Wildman–Crippen LogP) is 7.52. The van der Waals surface area contributed by atoms with E-state index in [0.29, 0.717) is 18.1 Å². The average Bonchev–Trinajstić information content (AvgIpc) is 3.41. The van der Waals surface area contributed by atoms with Crippen LogP contribution >= 0.6 is 31.9 Å². The third-order valence-electron chi connectivity index (χ3n) is 6.07. The number of likely N-dealkylation sites (N-methyl/N-ethyl adjacent to an activating group) is 1. The first-order chi connectivity index (χ1) is 16.0. The predicted molar refractivity (Wildman–Crippen MR) is 140 cm³/mol. The summed E-state index contributed by atoms with van der Waals surface area (Å²) in [6.45, 7) is 1.09.